The Hall–Kier alpha value is -1.91. The van der Waals surface area contributed by atoms with Gasteiger partial charge in [-0.3, -0.25) is 9.69 Å². The van der Waals surface area contributed by atoms with Gasteiger partial charge in [0.15, 0.2) is 0 Å². The number of nitrogens with one attached hydrogen (secondary N) is 1. The van der Waals surface area contributed by atoms with E-state index in [9.17, 15) is 18.0 Å². The normalized spacial score (nSPS) is 24.2. The number of fused-ring (bicyclic) bond motifs is 1. The summed E-state index contributed by atoms with van der Waals surface area (Å²) < 4.78 is 37.7. The quantitative estimate of drug-likeness (QED) is 0.655. The Morgan fingerprint density at radius 2 is 2.17 bits per heavy atom. The van der Waals surface area contributed by atoms with Gasteiger partial charge in [0, 0.05) is 31.1 Å². The second kappa shape index (κ2) is 11.5. The van der Waals surface area contributed by atoms with Crippen LogP contribution >= 0.6 is 11.3 Å². The molecule has 3 rings (SSSR count). The summed E-state index contributed by atoms with van der Waals surface area (Å²) in [6.45, 7) is 8.14. The summed E-state index contributed by atoms with van der Waals surface area (Å²) in [7, 11) is 0. The van der Waals surface area contributed by atoms with Gasteiger partial charge < -0.3 is 15.2 Å². The van der Waals surface area contributed by atoms with E-state index in [1.807, 2.05) is 6.08 Å². The van der Waals surface area contributed by atoms with Gasteiger partial charge in [0.1, 0.15) is 0 Å². The number of aliphatic carboxylic acids is 1. The molecule has 6 nitrogen and oxygen atoms in total. The first kappa shape index (κ1) is 24.4. The molecule has 2 N–H and O–H groups in total. The molecule has 0 radical (unpaired) electrons. The predicted molar refractivity (Wildman–Crippen MR) is 107 cm³/mol. The molecule has 3 atom stereocenters. The van der Waals surface area contributed by atoms with E-state index in [4.69, 9.17) is 14.6 Å². The molecule has 0 aliphatic carbocycles. The number of nitrogens with zero attached hydrogens (tertiary/aromatic N) is 1. The molecule has 10 heteroatoms. The largest absolute Gasteiger partial charge is 0.490 e. The lowest BCUT2D eigenvalue weighted by Gasteiger charge is -2.42. The van der Waals surface area contributed by atoms with Gasteiger partial charge in [-0.1, -0.05) is 12.1 Å². The molecule has 0 bridgehead atoms. The highest BCUT2D eigenvalue weighted by Crippen LogP contribution is 2.31. The number of likely N-dealkylation sites (tertiary alicyclic amines) is 1. The average Bonchev–Trinajstić information content (AvgIpc) is 3.21. The van der Waals surface area contributed by atoms with Crippen LogP contribution in [0.3, 0.4) is 0 Å². The summed E-state index contributed by atoms with van der Waals surface area (Å²) in [5.74, 6) is -2.12. The Kier molecular flexibility index (Phi) is 9.32. The maximum Gasteiger partial charge on any atom is 0.490 e. The topological polar surface area (TPSA) is 78.9 Å². The number of piperidine rings is 1. The Bertz CT molecular complexity index is 697. The van der Waals surface area contributed by atoms with Gasteiger partial charge in [0.2, 0.25) is 5.91 Å². The number of ether oxygens (including phenoxy) is 1. The Morgan fingerprint density at radius 3 is 2.77 bits per heavy atom. The first-order valence-electron chi connectivity index (χ1n) is 9.75. The SMILES string of the molecule is C=CCN1CC[C@@H]2OC[C@H](C(=O)NCCc3cccs3)C[C@@H]2C1.O=C(O)C(F)(F)F. The number of halogens is 3. The van der Waals surface area contributed by atoms with Crippen molar-refractivity contribution in [3.63, 3.8) is 0 Å². The van der Waals surface area contributed by atoms with Crippen molar-refractivity contribution in [2.75, 3.05) is 32.8 Å². The van der Waals surface area contributed by atoms with Crippen LogP contribution in [0.2, 0.25) is 0 Å². The number of hydrogen-bond donors (Lipinski definition) is 2. The van der Waals surface area contributed by atoms with Gasteiger partial charge >= 0.3 is 12.1 Å². The van der Waals surface area contributed by atoms with Crippen molar-refractivity contribution in [3.05, 3.63) is 35.0 Å². The molecule has 2 fully saturated rings. The summed E-state index contributed by atoms with van der Waals surface area (Å²) in [5.41, 5.74) is 0. The lowest BCUT2D eigenvalue weighted by molar-refractivity contribution is -0.192. The van der Waals surface area contributed by atoms with Crippen LogP contribution in [-0.2, 0) is 20.7 Å². The third-order valence-corrected chi connectivity index (χ3v) is 6.03. The number of carbonyl (C=O) groups is 2. The van der Waals surface area contributed by atoms with Crippen molar-refractivity contribution in [2.45, 2.75) is 31.5 Å². The van der Waals surface area contributed by atoms with Gasteiger partial charge in [0.25, 0.3) is 0 Å². The van der Waals surface area contributed by atoms with E-state index in [2.05, 4.69) is 34.3 Å². The summed E-state index contributed by atoms with van der Waals surface area (Å²) >= 11 is 1.74. The molecule has 0 aromatic carbocycles. The van der Waals surface area contributed by atoms with Gasteiger partial charge in [0.05, 0.1) is 18.6 Å². The summed E-state index contributed by atoms with van der Waals surface area (Å²) in [6, 6.07) is 4.16. The van der Waals surface area contributed by atoms with Crippen LogP contribution in [0.4, 0.5) is 13.2 Å². The van der Waals surface area contributed by atoms with Crippen molar-refractivity contribution in [1.82, 2.24) is 10.2 Å². The van der Waals surface area contributed by atoms with Crippen LogP contribution in [0, 0.1) is 11.8 Å². The lowest BCUT2D eigenvalue weighted by atomic mass is 9.83. The Balaban J connectivity index is 0.000000396. The third kappa shape index (κ3) is 7.73. The van der Waals surface area contributed by atoms with Crippen LogP contribution in [0.25, 0.3) is 0 Å². The van der Waals surface area contributed by atoms with E-state index in [0.29, 0.717) is 25.2 Å². The highest BCUT2D eigenvalue weighted by atomic mass is 32.1. The minimum atomic E-state index is -5.08. The standard InChI is InChI=1S/C18H26N2O2S.C2HF3O2/c1-2-8-20-9-6-17-14(12-20)11-15(13-22-17)18(21)19-7-5-16-4-3-10-23-16;3-2(4,5)1(6)7/h2-4,10,14-15,17H,1,5-9,11-13H2,(H,19,21);(H,6,7)/t14-,15-,17+;/m1./s1. The molecule has 30 heavy (non-hydrogen) atoms. The smallest absolute Gasteiger partial charge is 0.475 e. The second-order valence-corrected chi connectivity index (χ2v) is 8.36. The van der Waals surface area contributed by atoms with E-state index in [0.717, 1.165) is 38.9 Å². The van der Waals surface area contributed by atoms with Gasteiger partial charge in [-0.05, 0) is 36.6 Å². The van der Waals surface area contributed by atoms with Crippen molar-refractivity contribution >= 4 is 23.2 Å². The number of carbonyl (C=O) groups excluding carboxylic acids is 1. The zero-order valence-corrected chi connectivity index (χ0v) is 17.4. The molecule has 0 unspecified atom stereocenters. The van der Waals surface area contributed by atoms with Crippen molar-refractivity contribution in [1.29, 1.82) is 0 Å². The van der Waals surface area contributed by atoms with Crippen LogP contribution in [0.1, 0.15) is 17.7 Å². The van der Waals surface area contributed by atoms with Gasteiger partial charge in [-0.2, -0.15) is 13.2 Å². The Morgan fingerprint density at radius 1 is 1.43 bits per heavy atom. The molecule has 2 aliphatic rings. The fourth-order valence-corrected chi connectivity index (χ4v) is 4.35. The molecule has 168 valence electrons. The summed E-state index contributed by atoms with van der Waals surface area (Å²) in [6.07, 6.45) is 0.148. The zero-order valence-electron chi connectivity index (χ0n) is 16.6. The second-order valence-electron chi connectivity index (χ2n) is 7.32. The van der Waals surface area contributed by atoms with Crippen LogP contribution in [-0.4, -0.2) is 66.9 Å². The molecule has 0 spiro atoms. The number of carboxylic acid groups (broad SMARTS) is 1. The fraction of sp³-hybridized carbons (Fsp3) is 0.600. The number of alkyl halides is 3. The van der Waals surface area contributed by atoms with Crippen molar-refractivity contribution in [3.8, 4) is 0 Å². The minimum absolute atomic E-state index is 0.00302. The fourth-order valence-electron chi connectivity index (χ4n) is 3.64. The van der Waals surface area contributed by atoms with Gasteiger partial charge in [-0.15, -0.1) is 17.9 Å². The first-order valence-corrected chi connectivity index (χ1v) is 10.6. The molecule has 1 amide bonds. The number of amides is 1. The highest BCUT2D eigenvalue weighted by molar-refractivity contribution is 7.09. The van der Waals surface area contributed by atoms with E-state index < -0.39 is 12.1 Å². The molecule has 2 saturated heterocycles. The van der Waals surface area contributed by atoms with Crippen molar-refractivity contribution in [2.24, 2.45) is 11.8 Å². The third-order valence-electron chi connectivity index (χ3n) is 5.10. The van der Waals surface area contributed by atoms with Crippen LogP contribution in [0.5, 0.6) is 0 Å². The van der Waals surface area contributed by atoms with E-state index in [1.165, 1.54) is 4.88 Å². The van der Waals surface area contributed by atoms with E-state index in [-0.39, 0.29) is 11.8 Å². The summed E-state index contributed by atoms with van der Waals surface area (Å²) in [4.78, 5) is 25.0. The van der Waals surface area contributed by atoms with Crippen molar-refractivity contribution < 1.29 is 32.6 Å². The zero-order chi connectivity index (χ0) is 22.1. The molecule has 1 aromatic heterocycles. The molecule has 2 aliphatic heterocycles. The lowest BCUT2D eigenvalue weighted by Crippen LogP contribution is -2.50. The van der Waals surface area contributed by atoms with E-state index in [1.54, 1.807) is 11.3 Å². The van der Waals surface area contributed by atoms with Crippen LogP contribution in [0.15, 0.2) is 30.2 Å². The monoisotopic (exact) mass is 448 g/mol. The number of rotatable bonds is 6. The highest BCUT2D eigenvalue weighted by Gasteiger charge is 2.38. The predicted octanol–water partition coefficient (Wildman–Crippen LogP) is 2.95. The maximum atomic E-state index is 12.4. The molecule has 3 heterocycles. The molecular formula is C20H27F3N2O4S. The first-order chi connectivity index (χ1) is 14.2. The number of hydrogen-bond acceptors (Lipinski definition) is 5. The van der Waals surface area contributed by atoms with E-state index >= 15 is 0 Å². The average molecular weight is 449 g/mol. The van der Waals surface area contributed by atoms with Crippen LogP contribution < -0.4 is 5.32 Å². The molecule has 1 aromatic rings. The number of carboxylic acids is 1. The minimum Gasteiger partial charge on any atom is -0.475 e. The Labute approximate surface area is 177 Å². The maximum absolute atomic E-state index is 12.4. The number of thiophene rings is 1. The molecular weight excluding hydrogens is 421 g/mol. The van der Waals surface area contributed by atoms with Gasteiger partial charge in [-0.25, -0.2) is 4.79 Å². The summed E-state index contributed by atoms with van der Waals surface area (Å²) in [5, 5.41) is 12.3. The molecule has 0 saturated carbocycles.